The molecule has 0 saturated heterocycles. The number of phenols is 1. The van der Waals surface area contributed by atoms with Crippen LogP contribution >= 0.6 is 0 Å². The van der Waals surface area contributed by atoms with Crippen molar-refractivity contribution in [1.29, 1.82) is 0 Å². The zero-order chi connectivity index (χ0) is 24.9. The van der Waals surface area contributed by atoms with Crippen LogP contribution in [-0.2, 0) is 11.4 Å². The minimum Gasteiger partial charge on any atom is -0.504 e. The van der Waals surface area contributed by atoms with E-state index < -0.39 is 11.3 Å². The number of aromatic hydroxyl groups is 1. The van der Waals surface area contributed by atoms with Crippen LogP contribution in [-0.4, -0.2) is 29.2 Å². The van der Waals surface area contributed by atoms with E-state index in [1.807, 2.05) is 0 Å². The highest BCUT2D eigenvalue weighted by Crippen LogP contribution is 2.36. The average Bonchev–Trinajstić information content (AvgIpc) is 2.78. The number of rotatable bonds is 8. The number of nitrogens with zero attached hydrogens (tertiary/aromatic N) is 2. The number of ether oxygens (including phenoxy) is 2. The maximum absolute atomic E-state index is 12.4. The lowest BCUT2D eigenvalue weighted by Gasteiger charge is -2.14. The number of methoxy groups -OCH3 is 1. The first-order valence-electron chi connectivity index (χ1n) is 9.75. The van der Waals surface area contributed by atoms with Crippen LogP contribution in [0.25, 0.3) is 11.1 Å². The van der Waals surface area contributed by atoms with Gasteiger partial charge in [-0.2, -0.15) is 0 Å². The Bertz CT molecular complexity index is 1190. The Kier molecular flexibility index (Phi) is 7.24. The quantitative estimate of drug-likeness (QED) is 0.250. The van der Waals surface area contributed by atoms with Crippen LogP contribution < -0.4 is 9.47 Å². The number of benzene rings is 3. The maximum atomic E-state index is 12.4. The Morgan fingerprint density at radius 1 is 1.09 bits per heavy atom. The molecule has 178 valence electrons. The fourth-order valence-corrected chi connectivity index (χ4v) is 3.07. The summed E-state index contributed by atoms with van der Waals surface area (Å²) >= 11 is 0. The normalized spacial score (nSPS) is 11.7. The van der Waals surface area contributed by atoms with Gasteiger partial charge in [-0.15, -0.1) is 13.2 Å². The molecule has 0 amide bonds. The van der Waals surface area contributed by atoms with Crippen LogP contribution in [0.4, 0.5) is 18.9 Å². The second kappa shape index (κ2) is 10.1. The Labute approximate surface area is 192 Å². The summed E-state index contributed by atoms with van der Waals surface area (Å²) in [6, 6.07) is 13.9. The van der Waals surface area contributed by atoms with E-state index >= 15 is 0 Å². The van der Waals surface area contributed by atoms with Gasteiger partial charge < -0.3 is 19.4 Å². The van der Waals surface area contributed by atoms with Crippen LogP contribution in [0.5, 0.6) is 17.2 Å². The van der Waals surface area contributed by atoms with E-state index in [1.54, 1.807) is 6.92 Å². The predicted molar refractivity (Wildman–Crippen MR) is 117 cm³/mol. The molecule has 0 bridgehead atoms. The molecule has 0 aromatic heterocycles. The fourth-order valence-electron chi connectivity index (χ4n) is 3.07. The third-order valence-corrected chi connectivity index (χ3v) is 4.69. The topological polar surface area (TPSA) is 103 Å². The molecule has 0 aliphatic rings. The maximum Gasteiger partial charge on any atom is 0.573 e. The number of nitro groups is 1. The van der Waals surface area contributed by atoms with Crippen LogP contribution in [0.15, 0.2) is 65.8 Å². The number of hydrogen-bond donors (Lipinski definition) is 1. The third kappa shape index (κ3) is 6.15. The van der Waals surface area contributed by atoms with Crippen molar-refractivity contribution in [3.8, 4) is 28.4 Å². The van der Waals surface area contributed by atoms with Crippen molar-refractivity contribution in [2.45, 2.75) is 19.9 Å². The van der Waals surface area contributed by atoms with Gasteiger partial charge in [0.15, 0.2) is 11.5 Å². The molecular formula is C23H19F3N2O6. The molecule has 3 rings (SSSR count). The Morgan fingerprint density at radius 2 is 1.74 bits per heavy atom. The van der Waals surface area contributed by atoms with Crippen molar-refractivity contribution >= 4 is 11.4 Å². The zero-order valence-corrected chi connectivity index (χ0v) is 18.0. The molecular weight excluding hydrogens is 457 g/mol. The van der Waals surface area contributed by atoms with E-state index in [1.165, 1.54) is 67.8 Å². The van der Waals surface area contributed by atoms with Gasteiger partial charge in [0.25, 0.3) is 5.69 Å². The van der Waals surface area contributed by atoms with Gasteiger partial charge in [0.1, 0.15) is 12.4 Å². The summed E-state index contributed by atoms with van der Waals surface area (Å²) < 4.78 is 46.4. The molecule has 0 saturated carbocycles. The largest absolute Gasteiger partial charge is 0.573 e. The summed E-state index contributed by atoms with van der Waals surface area (Å²) in [4.78, 5) is 15.6. The summed E-state index contributed by atoms with van der Waals surface area (Å²) in [6.07, 6.45) is -4.81. The molecule has 8 nitrogen and oxygen atoms in total. The second-order valence-electron chi connectivity index (χ2n) is 7.02. The number of hydrogen-bond acceptors (Lipinski definition) is 7. The molecule has 11 heteroatoms. The molecule has 0 fully saturated rings. The lowest BCUT2D eigenvalue weighted by Crippen LogP contribution is -2.16. The number of oxime groups is 1. The monoisotopic (exact) mass is 476 g/mol. The van der Waals surface area contributed by atoms with Gasteiger partial charge in [-0.1, -0.05) is 17.3 Å². The minimum absolute atomic E-state index is 0.0380. The van der Waals surface area contributed by atoms with Gasteiger partial charge in [-0.05, 0) is 60.0 Å². The second-order valence-corrected chi connectivity index (χ2v) is 7.02. The molecule has 0 unspecified atom stereocenters. The van der Waals surface area contributed by atoms with Crippen molar-refractivity contribution in [1.82, 2.24) is 0 Å². The standard InChI is InChI=1S/C23H19F3N2O6/c1-14(27-33-13-15-3-7-17(8-4-15)28(30)31)19-11-21(29)22(32-2)12-20(19)16-5-9-18(10-6-16)34-23(24,25)26/h3-12,29H,13H2,1-2H3/b27-14+. The molecule has 1 N–H and O–H groups in total. The number of alkyl halides is 3. The first kappa shape index (κ1) is 24.4. The highest BCUT2D eigenvalue weighted by molar-refractivity contribution is 6.05. The third-order valence-electron chi connectivity index (χ3n) is 4.69. The molecule has 3 aromatic carbocycles. The molecule has 0 heterocycles. The van der Waals surface area contributed by atoms with Crippen molar-refractivity contribution in [2.24, 2.45) is 5.16 Å². The van der Waals surface area contributed by atoms with Gasteiger partial charge in [-0.25, -0.2) is 0 Å². The van der Waals surface area contributed by atoms with E-state index in [9.17, 15) is 28.4 Å². The van der Waals surface area contributed by atoms with Gasteiger partial charge in [0.05, 0.1) is 17.7 Å². The highest BCUT2D eigenvalue weighted by atomic mass is 19.4. The van der Waals surface area contributed by atoms with Crippen LogP contribution in [0.1, 0.15) is 18.1 Å². The molecule has 0 aliphatic heterocycles. The summed E-state index contributed by atoms with van der Waals surface area (Å²) in [5.41, 5.74) is 2.46. The zero-order valence-electron chi connectivity index (χ0n) is 18.0. The van der Waals surface area contributed by atoms with E-state index in [2.05, 4.69) is 9.89 Å². The van der Waals surface area contributed by atoms with E-state index in [4.69, 9.17) is 9.57 Å². The number of nitro benzene ring substituents is 1. The first-order valence-corrected chi connectivity index (χ1v) is 9.75. The average molecular weight is 476 g/mol. The van der Waals surface area contributed by atoms with Crippen LogP contribution in [0.2, 0.25) is 0 Å². The Morgan fingerprint density at radius 3 is 2.29 bits per heavy atom. The molecule has 3 aromatic rings. The van der Waals surface area contributed by atoms with Crippen molar-refractivity contribution in [3.63, 3.8) is 0 Å². The Balaban J connectivity index is 1.86. The molecule has 0 spiro atoms. The predicted octanol–water partition coefficient (Wildman–Crippen LogP) is 5.82. The van der Waals surface area contributed by atoms with Gasteiger partial charge in [-0.3, -0.25) is 10.1 Å². The van der Waals surface area contributed by atoms with Crippen LogP contribution in [0.3, 0.4) is 0 Å². The summed E-state index contributed by atoms with van der Waals surface area (Å²) in [6.45, 7) is 1.66. The lowest BCUT2D eigenvalue weighted by molar-refractivity contribution is -0.384. The fraction of sp³-hybridized carbons (Fsp3) is 0.174. The summed E-state index contributed by atoms with van der Waals surface area (Å²) in [5.74, 6) is -0.377. The molecule has 0 aliphatic carbocycles. The van der Waals surface area contributed by atoms with Gasteiger partial charge >= 0.3 is 6.36 Å². The highest BCUT2D eigenvalue weighted by Gasteiger charge is 2.31. The van der Waals surface area contributed by atoms with Gasteiger partial charge in [0, 0.05) is 17.7 Å². The molecule has 0 atom stereocenters. The number of non-ortho nitro benzene ring substituents is 1. The number of phenolic OH excluding ortho intramolecular Hbond substituents is 1. The van der Waals surface area contributed by atoms with E-state index in [-0.39, 0.29) is 29.5 Å². The van der Waals surface area contributed by atoms with Crippen molar-refractivity contribution < 1.29 is 37.5 Å². The lowest BCUT2D eigenvalue weighted by atomic mass is 9.96. The smallest absolute Gasteiger partial charge is 0.504 e. The van der Waals surface area contributed by atoms with E-state index in [0.717, 1.165) is 0 Å². The van der Waals surface area contributed by atoms with E-state index in [0.29, 0.717) is 28.0 Å². The molecule has 0 radical (unpaired) electrons. The van der Waals surface area contributed by atoms with Gasteiger partial charge in [0.2, 0.25) is 0 Å². The van der Waals surface area contributed by atoms with Crippen LogP contribution in [0, 0.1) is 10.1 Å². The van der Waals surface area contributed by atoms with Crippen molar-refractivity contribution in [3.05, 3.63) is 81.9 Å². The molecule has 34 heavy (non-hydrogen) atoms. The number of halogens is 3. The summed E-state index contributed by atoms with van der Waals surface area (Å²) in [5, 5.41) is 25.0. The Hall–Kier alpha value is -4.28. The first-order chi connectivity index (χ1) is 16.1. The minimum atomic E-state index is -4.81. The SMILES string of the molecule is COc1cc(-c2ccc(OC(F)(F)F)cc2)c(/C(C)=N/OCc2ccc([N+](=O)[O-])cc2)cc1O. The summed E-state index contributed by atoms with van der Waals surface area (Å²) in [7, 11) is 1.37. The van der Waals surface area contributed by atoms with Crippen molar-refractivity contribution in [2.75, 3.05) is 7.11 Å².